The zero-order valence-electron chi connectivity index (χ0n) is 10.1. The van der Waals surface area contributed by atoms with Gasteiger partial charge < -0.3 is 0 Å². The van der Waals surface area contributed by atoms with Crippen molar-refractivity contribution in [2.75, 3.05) is 7.11 Å². The summed E-state index contributed by atoms with van der Waals surface area (Å²) in [5.41, 5.74) is 0.825. The zero-order valence-corrected chi connectivity index (χ0v) is 10.9. The van der Waals surface area contributed by atoms with Crippen LogP contribution < -0.4 is 4.57 Å². The molecule has 0 aromatic carbocycles. The highest BCUT2D eigenvalue weighted by atomic mass is 32.3. The smallest absolute Gasteiger partial charge is 0.251 e. The van der Waals surface area contributed by atoms with Crippen LogP contribution in [-0.4, -0.2) is 25.5 Å². The van der Waals surface area contributed by atoms with E-state index in [4.69, 9.17) is 0 Å². The van der Waals surface area contributed by atoms with E-state index in [1.165, 1.54) is 0 Å². The van der Waals surface area contributed by atoms with Gasteiger partial charge in [-0.15, -0.1) is 0 Å². The van der Waals surface area contributed by atoms with Crippen molar-refractivity contribution in [2.24, 2.45) is 0 Å². The normalized spacial score (nSPS) is 11.4. The van der Waals surface area contributed by atoms with E-state index in [1.54, 1.807) is 47.6 Å². The van der Waals surface area contributed by atoms with Crippen LogP contribution in [0.3, 0.4) is 0 Å². The molecule has 0 bridgehead atoms. The number of rotatable bonds is 5. The van der Waals surface area contributed by atoms with E-state index >= 15 is 0 Å². The van der Waals surface area contributed by atoms with Crippen molar-refractivity contribution in [1.29, 1.82) is 0 Å². The molecule has 0 spiro atoms. The van der Waals surface area contributed by atoms with Crippen molar-refractivity contribution < 1.29 is 21.4 Å². The quantitative estimate of drug-likeness (QED) is 0.733. The van der Waals surface area contributed by atoms with Crippen molar-refractivity contribution in [2.45, 2.75) is 6.73 Å². The third-order valence-electron chi connectivity index (χ3n) is 2.27. The third-order valence-corrected chi connectivity index (χ3v) is 3.07. The largest absolute Gasteiger partial charge is 0.404 e. The average molecular weight is 282 g/mol. The molecule has 0 N–H and O–H groups in total. The molecule has 0 amide bonds. The molecule has 2 aromatic heterocycles. The van der Waals surface area contributed by atoms with Crippen LogP contribution in [0.25, 0.3) is 11.4 Å². The first-order valence-electron chi connectivity index (χ1n) is 5.32. The lowest BCUT2D eigenvalue weighted by molar-refractivity contribution is -0.724. The zero-order chi connectivity index (χ0) is 13.7. The molecule has 0 aliphatic carbocycles. The fourth-order valence-electron chi connectivity index (χ4n) is 1.31. The van der Waals surface area contributed by atoms with Crippen LogP contribution in [0.5, 0.6) is 0 Å². The Labute approximate surface area is 110 Å². The predicted molar refractivity (Wildman–Crippen MR) is 64.7 cm³/mol. The summed E-state index contributed by atoms with van der Waals surface area (Å²) in [6.45, 7) is -0.161. The molecular formula is C11H12N3O4S+. The van der Waals surface area contributed by atoms with Gasteiger partial charge in [-0.3, -0.25) is 4.18 Å². The predicted octanol–water partition coefficient (Wildman–Crippen LogP) is 0.296. The Bertz CT molecular complexity index is 629. The summed E-state index contributed by atoms with van der Waals surface area (Å²) < 4.78 is 32.3. The van der Waals surface area contributed by atoms with Gasteiger partial charge in [0.1, 0.15) is 0 Å². The van der Waals surface area contributed by atoms with Gasteiger partial charge in [0.05, 0.1) is 7.11 Å². The third kappa shape index (κ3) is 3.78. The lowest BCUT2D eigenvalue weighted by atomic mass is 10.2. The molecule has 0 radical (unpaired) electrons. The molecule has 0 saturated heterocycles. The average Bonchev–Trinajstić information content (AvgIpc) is 2.47. The fraction of sp³-hybridized carbons (Fsp3) is 0.182. The number of nitrogens with zero attached hydrogens (tertiary/aromatic N) is 3. The van der Waals surface area contributed by atoms with Crippen LogP contribution in [0.2, 0.25) is 0 Å². The summed E-state index contributed by atoms with van der Waals surface area (Å²) in [5, 5.41) is 0. The minimum Gasteiger partial charge on any atom is -0.251 e. The van der Waals surface area contributed by atoms with Gasteiger partial charge in [0.15, 0.2) is 18.2 Å². The number of hydrogen-bond acceptors (Lipinski definition) is 6. The molecule has 0 aliphatic heterocycles. The Morgan fingerprint density at radius 3 is 2.42 bits per heavy atom. The fourth-order valence-corrected chi connectivity index (χ4v) is 1.66. The second-order valence-electron chi connectivity index (χ2n) is 3.50. The van der Waals surface area contributed by atoms with Crippen LogP contribution in [0, 0.1) is 0 Å². The monoisotopic (exact) mass is 282 g/mol. The molecule has 0 saturated carbocycles. The van der Waals surface area contributed by atoms with Crippen molar-refractivity contribution in [3.63, 3.8) is 0 Å². The topological polar surface area (TPSA) is 82.3 Å². The molecule has 2 aromatic rings. The maximum absolute atomic E-state index is 11.0. The van der Waals surface area contributed by atoms with Crippen LogP contribution in [0.1, 0.15) is 0 Å². The van der Waals surface area contributed by atoms with Gasteiger partial charge in [-0.1, -0.05) is 0 Å². The molecule has 0 unspecified atom stereocenters. The Kier molecular flexibility index (Phi) is 4.15. The first-order valence-corrected chi connectivity index (χ1v) is 6.65. The molecular weight excluding hydrogens is 270 g/mol. The Balaban J connectivity index is 2.07. The van der Waals surface area contributed by atoms with Gasteiger partial charge in [0.25, 0.3) is 6.73 Å². The van der Waals surface area contributed by atoms with E-state index in [0.717, 1.165) is 12.7 Å². The first-order chi connectivity index (χ1) is 9.11. The maximum Gasteiger partial charge on any atom is 0.404 e. The van der Waals surface area contributed by atoms with Gasteiger partial charge in [0, 0.05) is 30.1 Å². The number of aromatic nitrogens is 3. The SMILES string of the molecule is COS(=O)(=O)OC[n+]1ccc(-c2ncccn2)cc1. The first kappa shape index (κ1) is 13.5. The van der Waals surface area contributed by atoms with Crippen LogP contribution in [0.4, 0.5) is 0 Å². The molecule has 0 aliphatic rings. The molecule has 19 heavy (non-hydrogen) atoms. The maximum atomic E-state index is 11.0. The summed E-state index contributed by atoms with van der Waals surface area (Å²) in [5.74, 6) is 0.597. The van der Waals surface area contributed by atoms with Gasteiger partial charge in [-0.2, -0.15) is 17.2 Å². The van der Waals surface area contributed by atoms with Crippen LogP contribution in [-0.2, 0) is 25.5 Å². The molecule has 7 nitrogen and oxygen atoms in total. The van der Waals surface area contributed by atoms with E-state index in [0.29, 0.717) is 5.82 Å². The number of hydrogen-bond donors (Lipinski definition) is 0. The van der Waals surface area contributed by atoms with Crippen molar-refractivity contribution in [1.82, 2.24) is 9.97 Å². The molecule has 100 valence electrons. The van der Waals surface area contributed by atoms with Crippen molar-refractivity contribution in [3.8, 4) is 11.4 Å². The van der Waals surface area contributed by atoms with E-state index in [-0.39, 0.29) is 6.73 Å². The molecule has 0 fully saturated rings. The van der Waals surface area contributed by atoms with Gasteiger partial charge >= 0.3 is 10.4 Å². The van der Waals surface area contributed by atoms with E-state index < -0.39 is 10.4 Å². The lowest BCUT2D eigenvalue weighted by Crippen LogP contribution is -2.35. The summed E-state index contributed by atoms with van der Waals surface area (Å²) in [6.07, 6.45) is 6.63. The highest BCUT2D eigenvalue weighted by molar-refractivity contribution is 7.81. The minimum absolute atomic E-state index is 0.161. The summed E-state index contributed by atoms with van der Waals surface area (Å²) in [6, 6.07) is 5.26. The molecule has 2 rings (SSSR count). The van der Waals surface area contributed by atoms with E-state index in [2.05, 4.69) is 18.3 Å². The van der Waals surface area contributed by atoms with Gasteiger partial charge in [0.2, 0.25) is 0 Å². The van der Waals surface area contributed by atoms with Gasteiger partial charge in [-0.05, 0) is 6.07 Å². The highest BCUT2D eigenvalue weighted by Crippen LogP contribution is 2.10. The van der Waals surface area contributed by atoms with Crippen molar-refractivity contribution in [3.05, 3.63) is 43.0 Å². The standard InChI is InChI=1S/C11H12N3O4S/c1-17-19(15,16)18-9-14-7-3-10(4-8-14)11-12-5-2-6-13-11/h2-8H,9H2,1H3/q+1. The summed E-state index contributed by atoms with van der Waals surface area (Å²) in [4.78, 5) is 8.22. The van der Waals surface area contributed by atoms with E-state index in [1.807, 2.05) is 0 Å². The second kappa shape index (κ2) is 5.83. The minimum atomic E-state index is -3.93. The van der Waals surface area contributed by atoms with Crippen LogP contribution >= 0.6 is 0 Å². The Morgan fingerprint density at radius 1 is 1.21 bits per heavy atom. The molecule has 0 atom stereocenters. The highest BCUT2D eigenvalue weighted by Gasteiger charge is 2.12. The molecule has 8 heteroatoms. The van der Waals surface area contributed by atoms with Gasteiger partial charge in [-0.25, -0.2) is 9.97 Å². The molecule has 2 heterocycles. The Morgan fingerprint density at radius 2 is 1.84 bits per heavy atom. The Hall–Kier alpha value is -1.90. The summed E-state index contributed by atoms with van der Waals surface area (Å²) >= 11 is 0. The lowest BCUT2D eigenvalue weighted by Gasteiger charge is -2.00. The van der Waals surface area contributed by atoms with E-state index in [9.17, 15) is 8.42 Å². The van der Waals surface area contributed by atoms with Crippen LogP contribution in [0.15, 0.2) is 43.0 Å². The summed E-state index contributed by atoms with van der Waals surface area (Å²) in [7, 11) is -2.89. The number of pyridine rings is 1. The second-order valence-corrected chi connectivity index (χ2v) is 4.88. The van der Waals surface area contributed by atoms with Crippen molar-refractivity contribution >= 4 is 10.4 Å².